The van der Waals surface area contributed by atoms with Gasteiger partial charge in [0.1, 0.15) is 11.6 Å². The summed E-state index contributed by atoms with van der Waals surface area (Å²) < 4.78 is 6.22. The third-order valence-corrected chi connectivity index (χ3v) is 5.89. The first-order valence-corrected chi connectivity index (χ1v) is 10.5. The Labute approximate surface area is 183 Å². The number of nitrogens with two attached hydrogens (primary N) is 1. The van der Waals surface area contributed by atoms with Crippen LogP contribution in [0.1, 0.15) is 36.7 Å². The number of esters is 1. The quantitative estimate of drug-likeness (QED) is 0.211. The Hall–Kier alpha value is -3.46. The molecule has 0 bridgehead atoms. The van der Waals surface area contributed by atoms with Crippen LogP contribution in [0.5, 0.6) is 5.75 Å². The van der Waals surface area contributed by atoms with Crippen LogP contribution >= 0.6 is 11.3 Å². The number of amidine groups is 1. The molecule has 1 aromatic heterocycles. The van der Waals surface area contributed by atoms with E-state index >= 15 is 0 Å². The van der Waals surface area contributed by atoms with Crippen LogP contribution in [0.15, 0.2) is 42.5 Å². The number of nitrogens with zero attached hydrogens (tertiary/aromatic N) is 2. The molecule has 0 aliphatic carbocycles. The number of benzene rings is 2. The van der Waals surface area contributed by atoms with Crippen molar-refractivity contribution in [1.82, 2.24) is 4.98 Å². The molecule has 4 N–H and O–H groups in total. The Kier molecular flexibility index (Phi) is 6.26. The smallest absolute Gasteiger partial charge is 0.343 e. The molecule has 0 atom stereocenters. The molecule has 162 valence electrons. The monoisotopic (exact) mass is 440 g/mol. The second kappa shape index (κ2) is 8.73. The van der Waals surface area contributed by atoms with Gasteiger partial charge in [-0.1, -0.05) is 11.3 Å². The molecule has 0 saturated carbocycles. The summed E-state index contributed by atoms with van der Waals surface area (Å²) in [5, 5.41) is 17.5. The average molecular weight is 441 g/mol. The zero-order chi connectivity index (χ0) is 22.8. The third kappa shape index (κ3) is 5.00. The molecule has 1 heterocycles. The summed E-state index contributed by atoms with van der Waals surface area (Å²) >= 11 is 1.40. The number of carbonyl (C=O) groups is 2. The molecule has 8 nitrogen and oxygen atoms in total. The van der Waals surface area contributed by atoms with E-state index in [0.717, 1.165) is 10.2 Å². The van der Waals surface area contributed by atoms with Crippen LogP contribution < -0.4 is 15.4 Å². The second-order valence-electron chi connectivity index (χ2n) is 7.71. The number of aliphatic carboxylic acids is 1. The fraction of sp³-hybridized carbons (Fsp3) is 0.273. The summed E-state index contributed by atoms with van der Waals surface area (Å²) in [4.78, 5) is 30.6. The number of hydrogen-bond donors (Lipinski definition) is 3. The van der Waals surface area contributed by atoms with Crippen molar-refractivity contribution in [3.8, 4) is 5.75 Å². The minimum Gasteiger partial charge on any atom is -0.481 e. The number of fused-ring (bicyclic) bond motifs is 1. The Morgan fingerprint density at radius 2 is 1.84 bits per heavy atom. The largest absolute Gasteiger partial charge is 0.481 e. The van der Waals surface area contributed by atoms with Gasteiger partial charge in [0.05, 0.1) is 21.2 Å². The van der Waals surface area contributed by atoms with E-state index in [1.807, 2.05) is 11.8 Å². The number of thiazole rings is 1. The van der Waals surface area contributed by atoms with Crippen LogP contribution in [-0.2, 0) is 4.79 Å². The summed E-state index contributed by atoms with van der Waals surface area (Å²) in [5.41, 5.74) is 6.17. The fourth-order valence-electron chi connectivity index (χ4n) is 2.90. The van der Waals surface area contributed by atoms with Gasteiger partial charge >= 0.3 is 11.9 Å². The molecule has 0 radical (unpaired) electrons. The van der Waals surface area contributed by atoms with Gasteiger partial charge in [0, 0.05) is 18.7 Å². The number of carboxylic acid groups (broad SMARTS) is 1. The highest BCUT2D eigenvalue weighted by Gasteiger charge is 2.30. The van der Waals surface area contributed by atoms with Crippen LogP contribution in [0.2, 0.25) is 0 Å². The summed E-state index contributed by atoms with van der Waals surface area (Å²) in [6, 6.07) is 11.5. The Balaban J connectivity index is 1.80. The number of nitrogen functional groups attached to an aromatic ring is 1. The highest BCUT2D eigenvalue weighted by Crippen LogP contribution is 2.32. The number of carbonyl (C=O) groups excluding carboxylic acids is 1. The van der Waals surface area contributed by atoms with E-state index in [1.54, 1.807) is 56.3 Å². The van der Waals surface area contributed by atoms with E-state index in [2.05, 4.69) is 4.98 Å². The minimum atomic E-state index is -0.916. The average Bonchev–Trinajstić information content (AvgIpc) is 3.15. The first-order chi connectivity index (χ1) is 14.6. The standard InChI is InChI=1S/C22H24N4O4S/c1-4-26(12-22(2,3)20(28)29)21-25-16-10-7-14(11-17(16)31-21)19(27)30-15-8-5-13(6-9-15)18(23)24/h5-11H,4,12H2,1-3H3,(H3,23,24)(H,28,29). The molecule has 0 unspecified atom stereocenters. The van der Waals surface area contributed by atoms with Crippen molar-refractivity contribution in [3.05, 3.63) is 53.6 Å². The van der Waals surface area contributed by atoms with Gasteiger partial charge in [-0.3, -0.25) is 10.2 Å². The number of carboxylic acids is 1. The Morgan fingerprint density at radius 3 is 2.42 bits per heavy atom. The molecule has 31 heavy (non-hydrogen) atoms. The van der Waals surface area contributed by atoms with Crippen molar-refractivity contribution >= 4 is 44.5 Å². The molecular weight excluding hydrogens is 416 g/mol. The molecule has 3 aromatic rings. The molecule has 3 rings (SSSR count). The van der Waals surface area contributed by atoms with Gasteiger partial charge in [0.2, 0.25) is 0 Å². The maximum atomic E-state index is 12.6. The summed E-state index contributed by atoms with van der Waals surface area (Å²) in [7, 11) is 0. The number of nitrogens with one attached hydrogen (secondary N) is 1. The molecule has 0 fully saturated rings. The maximum Gasteiger partial charge on any atom is 0.343 e. The normalized spacial score (nSPS) is 11.3. The van der Waals surface area contributed by atoms with Gasteiger partial charge in [-0.2, -0.15) is 0 Å². The van der Waals surface area contributed by atoms with Crippen LogP contribution in [0.3, 0.4) is 0 Å². The van der Waals surface area contributed by atoms with Gasteiger partial charge in [0.15, 0.2) is 5.13 Å². The number of ether oxygens (including phenoxy) is 1. The zero-order valence-electron chi connectivity index (χ0n) is 17.5. The highest BCUT2D eigenvalue weighted by molar-refractivity contribution is 7.22. The number of hydrogen-bond acceptors (Lipinski definition) is 7. The SMILES string of the molecule is CCN(CC(C)(C)C(=O)O)c1nc2ccc(C(=O)Oc3ccc(C(=N)N)cc3)cc2s1. The minimum absolute atomic E-state index is 0.0582. The number of rotatable bonds is 8. The van der Waals surface area contributed by atoms with E-state index in [0.29, 0.717) is 35.1 Å². The van der Waals surface area contributed by atoms with E-state index in [-0.39, 0.29) is 5.84 Å². The van der Waals surface area contributed by atoms with E-state index in [1.165, 1.54) is 11.3 Å². The van der Waals surface area contributed by atoms with Crippen molar-refractivity contribution in [2.75, 3.05) is 18.0 Å². The molecule has 0 aliphatic heterocycles. The fourth-order valence-corrected chi connectivity index (χ4v) is 3.97. The molecule has 0 aliphatic rings. The molecule has 0 amide bonds. The van der Waals surface area contributed by atoms with Gasteiger partial charge in [-0.15, -0.1) is 0 Å². The van der Waals surface area contributed by atoms with E-state index in [4.69, 9.17) is 15.9 Å². The van der Waals surface area contributed by atoms with Gasteiger partial charge in [-0.05, 0) is 63.2 Å². The lowest BCUT2D eigenvalue weighted by atomic mass is 9.93. The predicted octanol–water partition coefficient (Wildman–Crippen LogP) is 3.74. The van der Waals surface area contributed by atoms with Crippen molar-refractivity contribution in [1.29, 1.82) is 5.41 Å². The molecular formula is C22H24N4O4S. The van der Waals surface area contributed by atoms with Gasteiger partial charge < -0.3 is 20.5 Å². The number of aromatic nitrogens is 1. The van der Waals surface area contributed by atoms with Crippen molar-refractivity contribution in [3.63, 3.8) is 0 Å². The first kappa shape index (κ1) is 22.2. The van der Waals surface area contributed by atoms with Crippen LogP contribution in [0.25, 0.3) is 10.2 Å². The van der Waals surface area contributed by atoms with Gasteiger partial charge in [-0.25, -0.2) is 9.78 Å². The summed E-state index contributed by atoms with van der Waals surface area (Å²) in [6.45, 7) is 6.25. The van der Waals surface area contributed by atoms with Crippen LogP contribution in [-0.4, -0.2) is 41.0 Å². The highest BCUT2D eigenvalue weighted by atomic mass is 32.1. The first-order valence-electron chi connectivity index (χ1n) is 9.66. The van der Waals surface area contributed by atoms with Crippen molar-refractivity contribution in [2.24, 2.45) is 11.1 Å². The second-order valence-corrected chi connectivity index (χ2v) is 8.72. The Morgan fingerprint density at radius 1 is 1.19 bits per heavy atom. The molecule has 2 aromatic carbocycles. The van der Waals surface area contributed by atoms with E-state index < -0.39 is 17.4 Å². The van der Waals surface area contributed by atoms with Gasteiger partial charge in [0.25, 0.3) is 0 Å². The molecule has 0 spiro atoms. The predicted molar refractivity (Wildman–Crippen MR) is 121 cm³/mol. The summed E-state index contributed by atoms with van der Waals surface area (Å²) in [5.74, 6) is -1.08. The zero-order valence-corrected chi connectivity index (χ0v) is 18.3. The third-order valence-electron chi connectivity index (χ3n) is 4.81. The van der Waals surface area contributed by atoms with Crippen LogP contribution in [0.4, 0.5) is 5.13 Å². The van der Waals surface area contributed by atoms with Crippen molar-refractivity contribution in [2.45, 2.75) is 20.8 Å². The van der Waals surface area contributed by atoms with Crippen molar-refractivity contribution < 1.29 is 19.4 Å². The molecule has 9 heteroatoms. The van der Waals surface area contributed by atoms with Crippen LogP contribution in [0, 0.1) is 10.8 Å². The lowest BCUT2D eigenvalue weighted by molar-refractivity contribution is -0.146. The lowest BCUT2D eigenvalue weighted by Gasteiger charge is -2.28. The summed E-state index contributed by atoms with van der Waals surface area (Å²) in [6.07, 6.45) is 0. The maximum absolute atomic E-state index is 12.6. The topological polar surface area (TPSA) is 130 Å². The molecule has 0 saturated heterocycles. The Bertz CT molecular complexity index is 1140. The number of anilines is 1. The lowest BCUT2D eigenvalue weighted by Crippen LogP contribution is -2.39. The van der Waals surface area contributed by atoms with E-state index in [9.17, 15) is 14.7 Å².